The summed E-state index contributed by atoms with van der Waals surface area (Å²) in [5.74, 6) is 0.388. The van der Waals surface area contributed by atoms with Crippen molar-refractivity contribution in [2.75, 3.05) is 26.0 Å². The monoisotopic (exact) mass is 236 g/mol. The van der Waals surface area contributed by atoms with Crippen molar-refractivity contribution in [3.8, 4) is 5.75 Å². The molecule has 0 spiro atoms. The molecule has 0 aromatic heterocycles. The fourth-order valence-electron chi connectivity index (χ4n) is 1.71. The lowest BCUT2D eigenvalue weighted by Crippen LogP contribution is -2.19. The van der Waals surface area contributed by atoms with E-state index in [2.05, 4.69) is 5.32 Å². The predicted molar refractivity (Wildman–Crippen MR) is 64.1 cm³/mol. The number of hydrogen-bond donors (Lipinski definition) is 2. The van der Waals surface area contributed by atoms with Crippen molar-refractivity contribution in [2.45, 2.75) is 12.5 Å². The summed E-state index contributed by atoms with van der Waals surface area (Å²) in [7, 11) is 1.59. The van der Waals surface area contributed by atoms with Gasteiger partial charge in [0.05, 0.1) is 18.9 Å². The first-order valence-electron chi connectivity index (χ1n) is 5.56. The van der Waals surface area contributed by atoms with Crippen LogP contribution in [0, 0.1) is 0 Å². The van der Waals surface area contributed by atoms with Crippen LogP contribution in [0.5, 0.6) is 5.75 Å². The van der Waals surface area contributed by atoms with Crippen LogP contribution < -0.4 is 15.8 Å². The average Bonchev–Trinajstić information content (AvgIpc) is 2.84. The molecule has 0 radical (unpaired) electrons. The number of benzene rings is 1. The Kier molecular flexibility index (Phi) is 3.49. The predicted octanol–water partition coefficient (Wildman–Crippen LogP) is 0.796. The Morgan fingerprint density at radius 1 is 1.59 bits per heavy atom. The fraction of sp³-hybridized carbons (Fsp3) is 0.417. The van der Waals surface area contributed by atoms with Crippen molar-refractivity contribution in [3.05, 3.63) is 23.8 Å². The molecule has 1 atom stereocenters. The summed E-state index contributed by atoms with van der Waals surface area (Å²) in [4.78, 5) is 11.5. The van der Waals surface area contributed by atoms with E-state index < -0.39 is 0 Å². The van der Waals surface area contributed by atoms with Gasteiger partial charge in [0, 0.05) is 19.0 Å². The van der Waals surface area contributed by atoms with Gasteiger partial charge in [-0.2, -0.15) is 0 Å². The summed E-state index contributed by atoms with van der Waals surface area (Å²) in [6.07, 6.45) is 0.876. The Bertz CT molecular complexity index is 414. The molecule has 17 heavy (non-hydrogen) atoms. The molecule has 92 valence electrons. The quantitative estimate of drug-likeness (QED) is 0.761. The number of hydrogen-bond acceptors (Lipinski definition) is 4. The molecule has 1 unspecified atom stereocenters. The standard InChI is InChI=1S/C12H16N2O3/c1-14-12(15)8-2-3-10(13)11(6-8)17-9-4-5-16-7-9/h2-3,6,9H,4-5,7,13H2,1H3,(H,14,15). The zero-order chi connectivity index (χ0) is 12.3. The van der Waals surface area contributed by atoms with Crippen LogP contribution in [0.25, 0.3) is 0 Å². The molecule has 2 rings (SSSR count). The van der Waals surface area contributed by atoms with Crippen molar-refractivity contribution >= 4 is 11.6 Å². The first-order valence-corrected chi connectivity index (χ1v) is 5.56. The minimum atomic E-state index is -0.155. The van der Waals surface area contributed by atoms with Gasteiger partial charge in [-0.1, -0.05) is 0 Å². The molecule has 3 N–H and O–H groups in total. The number of nitrogen functional groups attached to an aromatic ring is 1. The van der Waals surface area contributed by atoms with Gasteiger partial charge in [0.1, 0.15) is 11.9 Å². The van der Waals surface area contributed by atoms with E-state index >= 15 is 0 Å². The number of carbonyl (C=O) groups excluding carboxylic acids is 1. The smallest absolute Gasteiger partial charge is 0.251 e. The Balaban J connectivity index is 2.16. The molecule has 0 aliphatic carbocycles. The molecule has 1 heterocycles. The number of rotatable bonds is 3. The highest BCUT2D eigenvalue weighted by molar-refractivity contribution is 5.95. The van der Waals surface area contributed by atoms with Crippen LogP contribution in [-0.4, -0.2) is 32.3 Å². The van der Waals surface area contributed by atoms with E-state index in [0.717, 1.165) is 6.42 Å². The van der Waals surface area contributed by atoms with E-state index in [4.69, 9.17) is 15.2 Å². The Morgan fingerprint density at radius 3 is 3.06 bits per heavy atom. The normalized spacial score (nSPS) is 19.0. The Labute approximate surface area is 99.9 Å². The number of amides is 1. The summed E-state index contributed by atoms with van der Waals surface area (Å²) in [5, 5.41) is 2.56. The van der Waals surface area contributed by atoms with Crippen molar-refractivity contribution < 1.29 is 14.3 Å². The van der Waals surface area contributed by atoms with E-state index in [1.807, 2.05) is 0 Å². The third kappa shape index (κ3) is 2.68. The molecule has 1 aromatic rings. The minimum Gasteiger partial charge on any atom is -0.486 e. The van der Waals surface area contributed by atoms with Crippen molar-refractivity contribution in [2.24, 2.45) is 0 Å². The first kappa shape index (κ1) is 11.7. The van der Waals surface area contributed by atoms with Gasteiger partial charge in [-0.25, -0.2) is 0 Å². The number of nitrogens with two attached hydrogens (primary N) is 1. The first-order chi connectivity index (χ1) is 8.20. The number of anilines is 1. The second-order valence-corrected chi connectivity index (χ2v) is 3.94. The maximum atomic E-state index is 11.5. The van der Waals surface area contributed by atoms with Crippen LogP contribution in [0.1, 0.15) is 16.8 Å². The van der Waals surface area contributed by atoms with Crippen LogP contribution in [0.15, 0.2) is 18.2 Å². The largest absolute Gasteiger partial charge is 0.486 e. The molecule has 0 saturated carbocycles. The molecule has 0 bridgehead atoms. The van der Waals surface area contributed by atoms with Gasteiger partial charge in [0.2, 0.25) is 0 Å². The van der Waals surface area contributed by atoms with E-state index in [-0.39, 0.29) is 12.0 Å². The third-order valence-electron chi connectivity index (χ3n) is 2.68. The van der Waals surface area contributed by atoms with Gasteiger partial charge in [-0.05, 0) is 18.2 Å². The maximum absolute atomic E-state index is 11.5. The Morgan fingerprint density at radius 2 is 2.41 bits per heavy atom. The lowest BCUT2D eigenvalue weighted by molar-refractivity contribution is 0.0962. The summed E-state index contributed by atoms with van der Waals surface area (Å²) >= 11 is 0. The van der Waals surface area contributed by atoms with Crippen LogP contribution in [0.3, 0.4) is 0 Å². The van der Waals surface area contributed by atoms with Crippen LogP contribution in [0.4, 0.5) is 5.69 Å². The van der Waals surface area contributed by atoms with E-state index in [1.165, 1.54) is 0 Å². The second-order valence-electron chi connectivity index (χ2n) is 3.94. The topological polar surface area (TPSA) is 73.6 Å². The average molecular weight is 236 g/mol. The van der Waals surface area contributed by atoms with E-state index in [9.17, 15) is 4.79 Å². The molecule has 1 aromatic carbocycles. The second kappa shape index (κ2) is 5.05. The third-order valence-corrected chi connectivity index (χ3v) is 2.68. The van der Waals surface area contributed by atoms with Crippen molar-refractivity contribution in [3.63, 3.8) is 0 Å². The Hall–Kier alpha value is -1.75. The minimum absolute atomic E-state index is 0.0252. The molecule has 1 saturated heterocycles. The molecule has 1 aliphatic heterocycles. The number of nitrogens with one attached hydrogen (secondary N) is 1. The molecule has 1 aliphatic rings. The zero-order valence-electron chi connectivity index (χ0n) is 9.73. The van der Waals surface area contributed by atoms with Gasteiger partial charge in [-0.3, -0.25) is 4.79 Å². The number of carbonyl (C=O) groups is 1. The number of ether oxygens (including phenoxy) is 2. The van der Waals surface area contributed by atoms with Crippen LogP contribution >= 0.6 is 0 Å². The fourth-order valence-corrected chi connectivity index (χ4v) is 1.71. The highest BCUT2D eigenvalue weighted by Crippen LogP contribution is 2.25. The van der Waals surface area contributed by atoms with Gasteiger partial charge >= 0.3 is 0 Å². The molecule has 1 fully saturated rings. The molecular weight excluding hydrogens is 220 g/mol. The van der Waals surface area contributed by atoms with Crippen molar-refractivity contribution in [1.82, 2.24) is 5.32 Å². The van der Waals surface area contributed by atoms with Gasteiger partial charge in [0.15, 0.2) is 0 Å². The summed E-state index contributed by atoms with van der Waals surface area (Å²) in [6.45, 7) is 1.28. The van der Waals surface area contributed by atoms with Crippen molar-refractivity contribution in [1.29, 1.82) is 0 Å². The van der Waals surface area contributed by atoms with Crippen LogP contribution in [-0.2, 0) is 4.74 Å². The van der Waals surface area contributed by atoms with E-state index in [1.54, 1.807) is 25.2 Å². The van der Waals surface area contributed by atoms with E-state index in [0.29, 0.717) is 30.2 Å². The molecule has 5 nitrogen and oxygen atoms in total. The zero-order valence-corrected chi connectivity index (χ0v) is 9.73. The SMILES string of the molecule is CNC(=O)c1ccc(N)c(OC2CCOC2)c1. The summed E-state index contributed by atoms with van der Waals surface area (Å²) in [5.41, 5.74) is 6.88. The van der Waals surface area contributed by atoms with Gasteiger partial charge in [0.25, 0.3) is 5.91 Å². The summed E-state index contributed by atoms with van der Waals surface area (Å²) in [6, 6.07) is 5.01. The summed E-state index contributed by atoms with van der Waals surface area (Å²) < 4.78 is 10.9. The maximum Gasteiger partial charge on any atom is 0.251 e. The van der Waals surface area contributed by atoms with Crippen LogP contribution in [0.2, 0.25) is 0 Å². The van der Waals surface area contributed by atoms with Gasteiger partial charge in [-0.15, -0.1) is 0 Å². The lowest BCUT2D eigenvalue weighted by Gasteiger charge is -2.14. The lowest BCUT2D eigenvalue weighted by atomic mass is 10.1. The van der Waals surface area contributed by atoms with Gasteiger partial charge < -0.3 is 20.5 Å². The molecule has 5 heteroatoms. The highest BCUT2D eigenvalue weighted by Gasteiger charge is 2.18. The highest BCUT2D eigenvalue weighted by atomic mass is 16.5. The molecular formula is C12H16N2O3. The molecule has 1 amide bonds.